The van der Waals surface area contributed by atoms with Crippen LogP contribution >= 0.6 is 0 Å². The number of likely N-dealkylation sites (tertiary alicyclic amines) is 1. The van der Waals surface area contributed by atoms with Gasteiger partial charge in [-0.2, -0.15) is 5.10 Å². The summed E-state index contributed by atoms with van der Waals surface area (Å²) in [5.41, 5.74) is 5.21. The lowest BCUT2D eigenvalue weighted by Gasteiger charge is -2.41. The second-order valence-corrected chi connectivity index (χ2v) is 9.89. The predicted octanol–water partition coefficient (Wildman–Crippen LogP) is 3.62. The molecule has 1 aliphatic heterocycles. The molecular weight excluding hydrogens is 498 g/mol. The van der Waals surface area contributed by atoms with Gasteiger partial charge in [0.2, 0.25) is 0 Å². The number of aromatic nitrogens is 4. The van der Waals surface area contributed by atoms with Crippen molar-refractivity contribution in [1.29, 1.82) is 0 Å². The summed E-state index contributed by atoms with van der Waals surface area (Å²) in [6.07, 6.45) is 11.0. The van der Waals surface area contributed by atoms with Crippen molar-refractivity contribution >= 4 is 22.8 Å². The number of carbonyl (C=O) groups is 2. The van der Waals surface area contributed by atoms with Crippen molar-refractivity contribution in [1.82, 2.24) is 24.6 Å². The summed E-state index contributed by atoms with van der Waals surface area (Å²) in [6.45, 7) is 4.10. The molecule has 3 N–H and O–H groups in total. The minimum atomic E-state index is -1.82. The first-order chi connectivity index (χ1) is 18.9. The Morgan fingerprint density at radius 2 is 1.79 bits per heavy atom. The fourth-order valence-electron chi connectivity index (χ4n) is 5.13. The molecule has 0 bridgehead atoms. The van der Waals surface area contributed by atoms with Crippen LogP contribution in [0.3, 0.4) is 0 Å². The summed E-state index contributed by atoms with van der Waals surface area (Å²) in [7, 11) is 1.88. The summed E-state index contributed by atoms with van der Waals surface area (Å²) < 4.78 is 7.91. The fraction of sp³-hybridized carbons (Fsp3) is 0.379. The van der Waals surface area contributed by atoms with Crippen LogP contribution in [-0.4, -0.2) is 79.1 Å². The van der Waals surface area contributed by atoms with Gasteiger partial charge in [-0.3, -0.25) is 0 Å². The van der Waals surface area contributed by atoms with Crippen LogP contribution in [0.4, 0.5) is 0 Å². The number of rotatable bonds is 9. The van der Waals surface area contributed by atoms with Crippen molar-refractivity contribution in [3.8, 4) is 0 Å². The van der Waals surface area contributed by atoms with Crippen LogP contribution < -0.4 is 0 Å². The van der Waals surface area contributed by atoms with Crippen molar-refractivity contribution < 1.29 is 24.5 Å². The van der Waals surface area contributed by atoms with Crippen LogP contribution in [0, 0.1) is 0 Å². The number of piperidine rings is 1. The van der Waals surface area contributed by atoms with Gasteiger partial charge in [-0.15, -0.1) is 0 Å². The third-order valence-electron chi connectivity index (χ3n) is 7.32. The number of fused-ring (bicyclic) bond motifs is 1. The molecule has 39 heavy (non-hydrogen) atoms. The van der Waals surface area contributed by atoms with Gasteiger partial charge in [0.25, 0.3) is 0 Å². The van der Waals surface area contributed by atoms with Crippen LogP contribution in [0.25, 0.3) is 10.9 Å². The quantitative estimate of drug-likeness (QED) is 0.278. The normalized spacial score (nSPS) is 15.0. The van der Waals surface area contributed by atoms with Crippen LogP contribution in [0.1, 0.15) is 36.0 Å². The van der Waals surface area contributed by atoms with Gasteiger partial charge < -0.3 is 24.8 Å². The van der Waals surface area contributed by atoms with Crippen molar-refractivity contribution in [3.63, 3.8) is 0 Å². The maximum Gasteiger partial charge on any atom is 0.414 e. The number of methoxy groups -OCH3 is 1. The molecule has 0 aliphatic carbocycles. The van der Waals surface area contributed by atoms with Crippen molar-refractivity contribution in [2.45, 2.75) is 44.2 Å². The van der Waals surface area contributed by atoms with E-state index in [1.165, 1.54) is 34.0 Å². The molecule has 0 radical (unpaired) electrons. The molecular formula is C29H35N5O5. The van der Waals surface area contributed by atoms with Gasteiger partial charge >= 0.3 is 11.9 Å². The minimum Gasteiger partial charge on any atom is -0.473 e. The number of aliphatic carboxylic acids is 2. The fourth-order valence-corrected chi connectivity index (χ4v) is 5.13. The first kappa shape index (κ1) is 28.0. The maximum absolute atomic E-state index is 9.10. The maximum atomic E-state index is 9.10. The first-order valence-electron chi connectivity index (χ1n) is 13.1. The van der Waals surface area contributed by atoms with E-state index in [9.17, 15) is 0 Å². The number of carboxylic acids is 2. The van der Waals surface area contributed by atoms with Gasteiger partial charge in [-0.05, 0) is 61.1 Å². The molecule has 2 aromatic carbocycles. The van der Waals surface area contributed by atoms with Gasteiger partial charge in [-0.1, -0.05) is 36.4 Å². The molecule has 0 spiro atoms. The topological polar surface area (TPSA) is 134 Å². The second kappa shape index (κ2) is 13.2. The number of ether oxygens (including phenoxy) is 1. The number of H-pyrrole nitrogens is 1. The van der Waals surface area contributed by atoms with E-state index in [1.54, 1.807) is 12.7 Å². The second-order valence-electron chi connectivity index (χ2n) is 9.89. The van der Waals surface area contributed by atoms with Crippen molar-refractivity contribution in [3.05, 3.63) is 84.1 Å². The number of hydrogen-bond acceptors (Lipinski definition) is 6. The number of carboxylic acid groups (broad SMARTS) is 2. The Hall–Kier alpha value is -4.02. The lowest BCUT2D eigenvalue weighted by Crippen LogP contribution is -2.47. The molecule has 1 aliphatic rings. The van der Waals surface area contributed by atoms with E-state index in [0.29, 0.717) is 0 Å². The van der Waals surface area contributed by atoms with E-state index in [1.807, 2.05) is 11.8 Å². The van der Waals surface area contributed by atoms with Gasteiger partial charge in [0, 0.05) is 43.7 Å². The summed E-state index contributed by atoms with van der Waals surface area (Å²) in [4.78, 5) is 28.3. The largest absolute Gasteiger partial charge is 0.473 e. The lowest BCUT2D eigenvalue weighted by molar-refractivity contribution is -0.159. The number of nitrogens with one attached hydrogen (secondary N) is 1. The predicted molar refractivity (Wildman–Crippen MR) is 147 cm³/mol. The summed E-state index contributed by atoms with van der Waals surface area (Å²) in [5, 5.41) is 20.3. The SMILES string of the molecule is COC1(Cc2ccccc2)CCN(CCCc2c[nH]c3ccc(Cn4cncn4)cc23)CC1.O=C(O)C(=O)O. The van der Waals surface area contributed by atoms with Crippen molar-refractivity contribution in [2.75, 3.05) is 26.7 Å². The van der Waals surface area contributed by atoms with Gasteiger partial charge in [-0.25, -0.2) is 19.3 Å². The van der Waals surface area contributed by atoms with E-state index in [2.05, 4.69) is 74.7 Å². The van der Waals surface area contributed by atoms with Crippen LogP contribution in [-0.2, 0) is 33.7 Å². The molecule has 3 heterocycles. The number of benzene rings is 2. The molecule has 0 atom stereocenters. The molecule has 206 valence electrons. The highest BCUT2D eigenvalue weighted by molar-refractivity contribution is 6.27. The molecule has 1 fully saturated rings. The summed E-state index contributed by atoms with van der Waals surface area (Å²) >= 11 is 0. The number of aryl methyl sites for hydroxylation is 1. The number of hydrogen-bond donors (Lipinski definition) is 3. The Bertz CT molecular complexity index is 1330. The third kappa shape index (κ3) is 7.75. The van der Waals surface area contributed by atoms with E-state index >= 15 is 0 Å². The Balaban J connectivity index is 0.000000531. The van der Waals surface area contributed by atoms with E-state index in [4.69, 9.17) is 24.5 Å². The zero-order valence-corrected chi connectivity index (χ0v) is 22.1. The molecule has 2 aromatic heterocycles. The number of nitrogens with zero attached hydrogens (tertiary/aromatic N) is 4. The average molecular weight is 534 g/mol. The van der Waals surface area contributed by atoms with Crippen LogP contribution in [0.5, 0.6) is 0 Å². The summed E-state index contributed by atoms with van der Waals surface area (Å²) in [5.74, 6) is -3.65. The van der Waals surface area contributed by atoms with Crippen LogP contribution in [0.15, 0.2) is 67.4 Å². The van der Waals surface area contributed by atoms with E-state index in [0.717, 1.165) is 51.9 Å². The molecule has 4 aromatic rings. The standard InChI is InChI=1S/C27H33N5O.C2H2O4/c1-33-27(17-22-6-3-2-4-7-22)11-14-31(15-12-27)13-5-8-24-18-29-26-10-9-23(16-25(24)26)19-32-21-28-20-30-32;3-1(4)2(5)6/h2-4,6-7,9-10,16,18,20-21,29H,5,8,11-15,17,19H2,1H3;(H,3,4)(H,5,6). The molecule has 10 heteroatoms. The Kier molecular flexibility index (Phi) is 9.45. The average Bonchev–Trinajstić information content (AvgIpc) is 3.61. The van der Waals surface area contributed by atoms with E-state index in [-0.39, 0.29) is 5.60 Å². The van der Waals surface area contributed by atoms with Gasteiger partial charge in [0.1, 0.15) is 12.7 Å². The minimum absolute atomic E-state index is 0.0187. The number of aromatic amines is 1. The molecule has 10 nitrogen and oxygen atoms in total. The van der Waals surface area contributed by atoms with Crippen LogP contribution in [0.2, 0.25) is 0 Å². The first-order valence-corrected chi connectivity index (χ1v) is 13.1. The van der Waals surface area contributed by atoms with Gasteiger partial charge in [0.05, 0.1) is 12.1 Å². The highest BCUT2D eigenvalue weighted by Gasteiger charge is 2.34. The van der Waals surface area contributed by atoms with E-state index < -0.39 is 11.9 Å². The Morgan fingerprint density at radius 1 is 1.05 bits per heavy atom. The molecule has 0 amide bonds. The monoisotopic (exact) mass is 533 g/mol. The molecule has 0 unspecified atom stereocenters. The Morgan fingerprint density at radius 3 is 2.44 bits per heavy atom. The zero-order chi connectivity index (χ0) is 27.7. The summed E-state index contributed by atoms with van der Waals surface area (Å²) in [6, 6.07) is 17.4. The molecule has 5 rings (SSSR count). The lowest BCUT2D eigenvalue weighted by atomic mass is 9.85. The molecule has 1 saturated heterocycles. The van der Waals surface area contributed by atoms with Gasteiger partial charge in [0.15, 0.2) is 0 Å². The zero-order valence-electron chi connectivity index (χ0n) is 22.1. The highest BCUT2D eigenvalue weighted by atomic mass is 16.5. The highest BCUT2D eigenvalue weighted by Crippen LogP contribution is 2.30. The third-order valence-corrected chi connectivity index (χ3v) is 7.32. The van der Waals surface area contributed by atoms with Crippen molar-refractivity contribution in [2.24, 2.45) is 0 Å². The Labute approximate surface area is 227 Å². The molecule has 0 saturated carbocycles. The smallest absolute Gasteiger partial charge is 0.414 e.